The predicted molar refractivity (Wildman–Crippen MR) is 137 cm³/mol. The van der Waals surface area contributed by atoms with Crippen LogP contribution in [0.2, 0.25) is 5.02 Å². The average Bonchev–Trinajstić information content (AvgIpc) is 2.90. The lowest BCUT2D eigenvalue weighted by Gasteiger charge is -2.43. The van der Waals surface area contributed by atoms with Gasteiger partial charge in [-0.3, -0.25) is 0 Å². The van der Waals surface area contributed by atoms with Crippen molar-refractivity contribution in [2.24, 2.45) is 0 Å². The van der Waals surface area contributed by atoms with E-state index in [1.807, 2.05) is 55.5 Å². The molecule has 4 rings (SSSR count). The lowest BCUT2D eigenvalue weighted by Crippen LogP contribution is -2.47. The van der Waals surface area contributed by atoms with Gasteiger partial charge in [0.1, 0.15) is 0 Å². The van der Waals surface area contributed by atoms with Gasteiger partial charge in [0, 0.05) is 30.5 Å². The lowest BCUT2D eigenvalue weighted by atomic mass is 9.90. The van der Waals surface area contributed by atoms with Crippen LogP contribution in [0.3, 0.4) is 0 Å². The average molecular weight is 515 g/mol. The number of hydrogen-bond donors (Lipinski definition) is 1. The highest BCUT2D eigenvalue weighted by molar-refractivity contribution is 6.31. The number of halogens is 2. The third-order valence-electron chi connectivity index (χ3n) is 6.42. The molecule has 3 aromatic rings. The number of benzene rings is 3. The van der Waals surface area contributed by atoms with Crippen LogP contribution in [-0.4, -0.2) is 37.6 Å². The van der Waals surface area contributed by atoms with Gasteiger partial charge in [-0.05, 0) is 54.3 Å². The summed E-state index contributed by atoms with van der Waals surface area (Å²) in [6, 6.07) is 20.5. The highest BCUT2D eigenvalue weighted by Gasteiger charge is 2.44. The molecule has 192 valence electrons. The zero-order valence-electron chi connectivity index (χ0n) is 20.6. The van der Waals surface area contributed by atoms with E-state index in [-0.39, 0.29) is 18.5 Å². The number of aliphatic hydroxyl groups excluding tert-OH is 1. The third kappa shape index (κ3) is 6.25. The predicted octanol–water partition coefficient (Wildman–Crippen LogP) is 6.02. The minimum absolute atomic E-state index is 0.151. The van der Waals surface area contributed by atoms with Gasteiger partial charge in [0.05, 0.1) is 32.0 Å². The fourth-order valence-electron chi connectivity index (χ4n) is 4.60. The maximum absolute atomic E-state index is 14.4. The van der Waals surface area contributed by atoms with Gasteiger partial charge in [-0.1, -0.05) is 54.1 Å². The summed E-state index contributed by atoms with van der Waals surface area (Å²) in [6.07, 6.45) is 0.799. The molecule has 1 N–H and O–H groups in total. The topological polar surface area (TPSA) is 57.2 Å². The molecule has 0 aliphatic carbocycles. The summed E-state index contributed by atoms with van der Waals surface area (Å²) in [6.45, 7) is 2.52. The highest BCUT2D eigenvalue weighted by Crippen LogP contribution is 2.41. The monoisotopic (exact) mass is 514 g/mol. The van der Waals surface area contributed by atoms with E-state index in [1.165, 1.54) is 6.07 Å². The van der Waals surface area contributed by atoms with Crippen LogP contribution in [0.5, 0.6) is 5.75 Å². The van der Waals surface area contributed by atoms with E-state index in [2.05, 4.69) is 0 Å². The summed E-state index contributed by atoms with van der Waals surface area (Å²) in [5, 5.41) is 10.5. The summed E-state index contributed by atoms with van der Waals surface area (Å²) >= 11 is 6.53. The molecule has 1 aliphatic rings. The molecule has 5 nitrogen and oxygen atoms in total. The van der Waals surface area contributed by atoms with Crippen LogP contribution < -0.4 is 4.74 Å². The molecule has 3 unspecified atom stereocenters. The van der Waals surface area contributed by atoms with Gasteiger partial charge in [-0.25, -0.2) is 4.39 Å². The Kier molecular flexibility index (Phi) is 8.99. The molecule has 7 heteroatoms. The number of hydrogen-bond acceptors (Lipinski definition) is 5. The van der Waals surface area contributed by atoms with Crippen molar-refractivity contribution in [3.8, 4) is 5.75 Å². The molecule has 1 fully saturated rings. The molecule has 3 atom stereocenters. The van der Waals surface area contributed by atoms with Crippen molar-refractivity contribution < 1.29 is 28.4 Å². The summed E-state index contributed by atoms with van der Waals surface area (Å²) in [5.41, 5.74) is 3.42. The first-order chi connectivity index (χ1) is 17.5. The van der Waals surface area contributed by atoms with Crippen molar-refractivity contribution in [3.63, 3.8) is 0 Å². The zero-order chi connectivity index (χ0) is 25.5. The maximum atomic E-state index is 14.4. The van der Waals surface area contributed by atoms with E-state index >= 15 is 0 Å². The summed E-state index contributed by atoms with van der Waals surface area (Å²) in [5.74, 6) is -1.29. The summed E-state index contributed by atoms with van der Waals surface area (Å²) in [4.78, 5) is 0. The Hall–Kier alpha value is -2.48. The molecule has 36 heavy (non-hydrogen) atoms. The normalized spacial score (nSPS) is 21.9. The smallest absolute Gasteiger partial charge is 0.197 e. The Morgan fingerprint density at radius 1 is 1.08 bits per heavy atom. The maximum Gasteiger partial charge on any atom is 0.197 e. The molecule has 0 bridgehead atoms. The molecule has 0 amide bonds. The molecular formula is C29H32ClFO5. The molecule has 0 spiro atoms. The first kappa shape index (κ1) is 26.6. The fraction of sp³-hybridized carbons (Fsp3) is 0.379. The highest BCUT2D eigenvalue weighted by atomic mass is 35.5. The second-order valence-corrected chi connectivity index (χ2v) is 9.33. The van der Waals surface area contributed by atoms with Gasteiger partial charge in [0.15, 0.2) is 17.4 Å². The Labute approximate surface area is 216 Å². The molecule has 1 heterocycles. The van der Waals surface area contributed by atoms with Crippen LogP contribution in [0.1, 0.15) is 42.0 Å². The zero-order valence-corrected chi connectivity index (χ0v) is 21.3. The van der Waals surface area contributed by atoms with Crippen molar-refractivity contribution in [2.75, 3.05) is 20.3 Å². The minimum Gasteiger partial charge on any atom is -0.491 e. The number of aliphatic hydroxyl groups is 1. The van der Waals surface area contributed by atoms with Crippen LogP contribution in [-0.2, 0) is 33.0 Å². The summed E-state index contributed by atoms with van der Waals surface area (Å²) < 4.78 is 38.2. The van der Waals surface area contributed by atoms with Gasteiger partial charge in [-0.2, -0.15) is 0 Å². The largest absolute Gasteiger partial charge is 0.491 e. The van der Waals surface area contributed by atoms with E-state index in [0.717, 1.165) is 22.3 Å². The van der Waals surface area contributed by atoms with Crippen LogP contribution in [0, 0.1) is 5.82 Å². The van der Waals surface area contributed by atoms with Crippen LogP contribution >= 0.6 is 11.6 Å². The quantitative estimate of drug-likeness (QED) is 0.358. The Bertz CT molecular complexity index is 1140. The Morgan fingerprint density at radius 2 is 1.89 bits per heavy atom. The Morgan fingerprint density at radius 3 is 2.58 bits per heavy atom. The first-order valence-corrected chi connectivity index (χ1v) is 12.5. The second kappa shape index (κ2) is 12.2. The molecule has 3 aromatic carbocycles. The van der Waals surface area contributed by atoms with Crippen LogP contribution in [0.15, 0.2) is 66.7 Å². The van der Waals surface area contributed by atoms with E-state index in [0.29, 0.717) is 37.5 Å². The molecular weight excluding hydrogens is 483 g/mol. The third-order valence-corrected chi connectivity index (χ3v) is 6.79. The number of methoxy groups -OCH3 is 1. The van der Waals surface area contributed by atoms with E-state index in [4.69, 9.17) is 30.5 Å². The van der Waals surface area contributed by atoms with Crippen molar-refractivity contribution in [3.05, 3.63) is 99.8 Å². The SMILES string of the molecule is CCOc1ccc(Cc2cc(C3(OC)CC(OCc4ccccc4)CC(CO)O3)ccc2Cl)cc1F. The van der Waals surface area contributed by atoms with Gasteiger partial charge in [0.25, 0.3) is 0 Å². The van der Waals surface area contributed by atoms with E-state index in [9.17, 15) is 9.50 Å². The van der Waals surface area contributed by atoms with Crippen LogP contribution in [0.4, 0.5) is 4.39 Å². The van der Waals surface area contributed by atoms with Crippen molar-refractivity contribution in [1.29, 1.82) is 0 Å². The van der Waals surface area contributed by atoms with Crippen LogP contribution in [0.25, 0.3) is 0 Å². The summed E-state index contributed by atoms with van der Waals surface area (Å²) in [7, 11) is 1.59. The lowest BCUT2D eigenvalue weighted by molar-refractivity contribution is -0.303. The fourth-order valence-corrected chi connectivity index (χ4v) is 4.78. The van der Waals surface area contributed by atoms with Crippen molar-refractivity contribution in [1.82, 2.24) is 0 Å². The molecule has 0 saturated carbocycles. The van der Waals surface area contributed by atoms with Crippen molar-refractivity contribution >= 4 is 11.6 Å². The van der Waals surface area contributed by atoms with Gasteiger partial charge in [-0.15, -0.1) is 0 Å². The van der Waals surface area contributed by atoms with Gasteiger partial charge < -0.3 is 24.1 Å². The van der Waals surface area contributed by atoms with Crippen molar-refractivity contribution in [2.45, 2.75) is 50.8 Å². The Balaban J connectivity index is 1.57. The molecule has 0 aromatic heterocycles. The minimum atomic E-state index is -1.11. The standard InChI is InChI=1S/C29H32ClFO5/c1-3-34-28-12-9-21(14-27(28)31)13-22-15-23(10-11-26(22)30)29(33-2)17-24(16-25(18-32)36-29)35-19-20-7-5-4-6-8-20/h4-12,14-15,24-25,32H,3,13,16-19H2,1-2H3. The number of ether oxygens (including phenoxy) is 4. The molecule has 1 aliphatic heterocycles. The molecule has 0 radical (unpaired) electrons. The second-order valence-electron chi connectivity index (χ2n) is 8.92. The van der Waals surface area contributed by atoms with Gasteiger partial charge in [0.2, 0.25) is 0 Å². The van der Waals surface area contributed by atoms with Gasteiger partial charge >= 0.3 is 0 Å². The van der Waals surface area contributed by atoms with E-state index < -0.39 is 17.7 Å². The first-order valence-electron chi connectivity index (χ1n) is 12.2. The van der Waals surface area contributed by atoms with E-state index in [1.54, 1.807) is 19.2 Å². The molecule has 1 saturated heterocycles. The number of rotatable bonds is 10.